The van der Waals surface area contributed by atoms with Gasteiger partial charge in [0.1, 0.15) is 5.82 Å². The molecular formula is C17H17ClN4O2S. The third-order valence-corrected chi connectivity index (χ3v) is 5.97. The van der Waals surface area contributed by atoms with Crippen molar-refractivity contribution in [3.05, 3.63) is 53.3 Å². The van der Waals surface area contributed by atoms with E-state index in [1.54, 1.807) is 24.3 Å². The van der Waals surface area contributed by atoms with Crippen LogP contribution in [0.3, 0.4) is 0 Å². The largest absolute Gasteiger partial charge is 0.326 e. The zero-order valence-electron chi connectivity index (χ0n) is 13.6. The van der Waals surface area contributed by atoms with Gasteiger partial charge in [0.2, 0.25) is 0 Å². The maximum absolute atomic E-state index is 12.5. The molecule has 0 fully saturated rings. The number of rotatable bonds is 3. The quantitative estimate of drug-likeness (QED) is 0.763. The molecule has 0 unspecified atom stereocenters. The third-order valence-electron chi connectivity index (χ3n) is 4.32. The SMILES string of the molecule is CN1CCn2c(nc3cc(NS(=O)(=O)c4ccc(Cl)cc4)ccc32)C1. The molecule has 1 N–H and O–H groups in total. The van der Waals surface area contributed by atoms with E-state index in [4.69, 9.17) is 11.6 Å². The van der Waals surface area contributed by atoms with E-state index in [0.717, 1.165) is 36.5 Å². The number of imidazole rings is 1. The summed E-state index contributed by atoms with van der Waals surface area (Å²) in [7, 11) is -1.60. The number of benzene rings is 2. The van der Waals surface area contributed by atoms with Gasteiger partial charge in [-0.3, -0.25) is 9.62 Å². The van der Waals surface area contributed by atoms with E-state index in [2.05, 4.69) is 26.2 Å². The molecule has 130 valence electrons. The number of fused-ring (bicyclic) bond motifs is 3. The van der Waals surface area contributed by atoms with Crippen LogP contribution in [0.15, 0.2) is 47.4 Å². The van der Waals surface area contributed by atoms with E-state index in [-0.39, 0.29) is 4.90 Å². The molecule has 0 radical (unpaired) electrons. The summed E-state index contributed by atoms with van der Waals surface area (Å²) >= 11 is 5.82. The van der Waals surface area contributed by atoms with E-state index in [1.165, 1.54) is 12.1 Å². The van der Waals surface area contributed by atoms with Gasteiger partial charge in [0.25, 0.3) is 10.0 Å². The maximum atomic E-state index is 12.5. The van der Waals surface area contributed by atoms with Crippen LogP contribution in [0.25, 0.3) is 11.0 Å². The Hall–Kier alpha value is -2.09. The van der Waals surface area contributed by atoms with Crippen LogP contribution in [0.5, 0.6) is 0 Å². The Balaban J connectivity index is 1.67. The van der Waals surface area contributed by atoms with Crippen molar-refractivity contribution in [3.8, 4) is 0 Å². The fourth-order valence-corrected chi connectivity index (χ4v) is 4.21. The molecule has 8 heteroatoms. The van der Waals surface area contributed by atoms with E-state index in [1.807, 2.05) is 6.07 Å². The molecule has 0 atom stereocenters. The van der Waals surface area contributed by atoms with E-state index in [9.17, 15) is 8.42 Å². The molecule has 0 saturated heterocycles. The summed E-state index contributed by atoms with van der Waals surface area (Å²) in [4.78, 5) is 7.03. The molecule has 4 rings (SSSR count). The molecule has 1 aromatic heterocycles. The van der Waals surface area contributed by atoms with Gasteiger partial charge in [0, 0.05) is 18.1 Å². The molecule has 2 heterocycles. The Kier molecular flexibility index (Phi) is 3.94. The molecule has 25 heavy (non-hydrogen) atoms. The highest BCUT2D eigenvalue weighted by Crippen LogP contribution is 2.25. The molecule has 1 aliphatic rings. The monoisotopic (exact) mass is 376 g/mol. The summed E-state index contributed by atoms with van der Waals surface area (Å²) in [6, 6.07) is 11.5. The molecule has 0 saturated carbocycles. The van der Waals surface area contributed by atoms with Crippen LogP contribution < -0.4 is 4.72 Å². The molecule has 0 bridgehead atoms. The second kappa shape index (κ2) is 6.01. The first-order valence-corrected chi connectivity index (χ1v) is 9.74. The van der Waals surface area contributed by atoms with Gasteiger partial charge in [-0.25, -0.2) is 13.4 Å². The maximum Gasteiger partial charge on any atom is 0.261 e. The normalized spacial score (nSPS) is 15.3. The summed E-state index contributed by atoms with van der Waals surface area (Å²) in [6.07, 6.45) is 0. The topological polar surface area (TPSA) is 67.2 Å². The molecule has 2 aromatic carbocycles. The lowest BCUT2D eigenvalue weighted by atomic mass is 10.3. The smallest absolute Gasteiger partial charge is 0.261 e. The van der Waals surface area contributed by atoms with Crippen molar-refractivity contribution in [2.24, 2.45) is 0 Å². The van der Waals surface area contributed by atoms with Crippen molar-refractivity contribution in [2.45, 2.75) is 18.0 Å². The lowest BCUT2D eigenvalue weighted by Crippen LogP contribution is -2.30. The van der Waals surface area contributed by atoms with Crippen molar-refractivity contribution in [1.29, 1.82) is 0 Å². The highest BCUT2D eigenvalue weighted by atomic mass is 35.5. The molecular weight excluding hydrogens is 360 g/mol. The van der Waals surface area contributed by atoms with Crippen LogP contribution in [0, 0.1) is 0 Å². The summed E-state index contributed by atoms with van der Waals surface area (Å²) in [5.41, 5.74) is 2.31. The summed E-state index contributed by atoms with van der Waals surface area (Å²) in [5, 5.41) is 0.494. The van der Waals surface area contributed by atoms with Gasteiger partial charge in [0.15, 0.2) is 0 Å². The molecule has 0 spiro atoms. The number of nitrogens with one attached hydrogen (secondary N) is 1. The van der Waals surface area contributed by atoms with Gasteiger partial charge in [-0.15, -0.1) is 0 Å². The lowest BCUT2D eigenvalue weighted by Gasteiger charge is -2.23. The Morgan fingerprint density at radius 2 is 1.88 bits per heavy atom. The molecule has 6 nitrogen and oxygen atoms in total. The number of likely N-dealkylation sites (N-methyl/N-ethyl adjacent to an activating group) is 1. The highest BCUT2D eigenvalue weighted by Gasteiger charge is 2.19. The Morgan fingerprint density at radius 3 is 2.64 bits per heavy atom. The van der Waals surface area contributed by atoms with Crippen molar-refractivity contribution in [3.63, 3.8) is 0 Å². The molecule has 3 aromatic rings. The number of halogens is 1. The van der Waals surface area contributed by atoms with Crippen molar-refractivity contribution >= 4 is 38.3 Å². The number of aromatic nitrogens is 2. The zero-order chi connectivity index (χ0) is 17.6. The van der Waals surface area contributed by atoms with Crippen LogP contribution in [0.2, 0.25) is 5.02 Å². The van der Waals surface area contributed by atoms with E-state index >= 15 is 0 Å². The summed E-state index contributed by atoms with van der Waals surface area (Å²) in [6.45, 7) is 2.65. The van der Waals surface area contributed by atoms with Gasteiger partial charge in [-0.05, 0) is 49.5 Å². The first-order chi connectivity index (χ1) is 11.9. The van der Waals surface area contributed by atoms with Gasteiger partial charge in [-0.1, -0.05) is 11.6 Å². The Labute approximate surface area is 151 Å². The fraction of sp³-hybridized carbons (Fsp3) is 0.235. The summed E-state index contributed by atoms with van der Waals surface area (Å²) < 4.78 is 29.8. The van der Waals surface area contributed by atoms with Crippen molar-refractivity contribution in [1.82, 2.24) is 14.5 Å². The second-order valence-electron chi connectivity index (χ2n) is 6.18. The first-order valence-electron chi connectivity index (χ1n) is 7.88. The van der Waals surface area contributed by atoms with Gasteiger partial charge in [-0.2, -0.15) is 0 Å². The minimum atomic E-state index is -3.66. The van der Waals surface area contributed by atoms with E-state index < -0.39 is 10.0 Å². The lowest BCUT2D eigenvalue weighted by molar-refractivity contribution is 0.267. The van der Waals surface area contributed by atoms with E-state index in [0.29, 0.717) is 10.7 Å². The highest BCUT2D eigenvalue weighted by molar-refractivity contribution is 7.92. The molecule has 0 amide bonds. The first kappa shape index (κ1) is 16.4. The average Bonchev–Trinajstić information content (AvgIpc) is 2.91. The number of nitrogens with zero attached hydrogens (tertiary/aromatic N) is 3. The van der Waals surface area contributed by atoms with Crippen LogP contribution in [0.4, 0.5) is 5.69 Å². The van der Waals surface area contributed by atoms with Gasteiger partial charge < -0.3 is 4.57 Å². The summed E-state index contributed by atoms with van der Waals surface area (Å²) in [5.74, 6) is 1.00. The van der Waals surface area contributed by atoms with Crippen LogP contribution in [0.1, 0.15) is 5.82 Å². The second-order valence-corrected chi connectivity index (χ2v) is 8.30. The number of anilines is 1. The zero-order valence-corrected chi connectivity index (χ0v) is 15.2. The van der Waals surface area contributed by atoms with Crippen molar-refractivity contribution < 1.29 is 8.42 Å². The standard InChI is InChI=1S/C17H17ClN4O2S/c1-21-8-9-22-16-7-4-13(10-15(16)19-17(22)11-21)20-25(23,24)14-5-2-12(18)3-6-14/h2-7,10,20H,8-9,11H2,1H3. The Bertz CT molecular complexity index is 1040. The average molecular weight is 377 g/mol. The number of hydrogen-bond donors (Lipinski definition) is 1. The fourth-order valence-electron chi connectivity index (χ4n) is 3.03. The third kappa shape index (κ3) is 3.10. The van der Waals surface area contributed by atoms with Gasteiger partial charge >= 0.3 is 0 Å². The van der Waals surface area contributed by atoms with Crippen LogP contribution >= 0.6 is 11.6 Å². The number of sulfonamides is 1. The minimum absolute atomic E-state index is 0.169. The number of hydrogen-bond acceptors (Lipinski definition) is 4. The van der Waals surface area contributed by atoms with Crippen LogP contribution in [-0.2, 0) is 23.1 Å². The van der Waals surface area contributed by atoms with Crippen LogP contribution in [-0.4, -0.2) is 36.5 Å². The minimum Gasteiger partial charge on any atom is -0.326 e. The molecule has 1 aliphatic heterocycles. The van der Waals surface area contributed by atoms with Crippen molar-refractivity contribution in [2.75, 3.05) is 18.3 Å². The Morgan fingerprint density at radius 1 is 1.12 bits per heavy atom. The van der Waals surface area contributed by atoms with Gasteiger partial charge in [0.05, 0.1) is 28.2 Å². The molecule has 0 aliphatic carbocycles. The predicted molar refractivity (Wildman–Crippen MR) is 98.3 cm³/mol. The predicted octanol–water partition coefficient (Wildman–Crippen LogP) is 2.94.